The minimum absolute atomic E-state index is 0.000977. The average molecular weight is 2300 g/mol. The summed E-state index contributed by atoms with van der Waals surface area (Å²) >= 11 is 39.2. The molecular weight excluding hydrogens is 2200 g/mol. The number of rotatable bonds is 41. The molecule has 14 unspecified atom stereocenters. The smallest absolute Gasteiger partial charge is 0.351 e. The van der Waals surface area contributed by atoms with E-state index in [4.69, 9.17) is 202 Å². The monoisotopic (exact) mass is 2300 g/mol. The fourth-order valence-corrected chi connectivity index (χ4v) is 26.8. The van der Waals surface area contributed by atoms with Gasteiger partial charge in [-0.3, -0.25) is 61.3 Å². The molecule has 790 valence electrons. The van der Waals surface area contributed by atoms with Gasteiger partial charge in [0.1, 0.15) is 122 Å². The third-order valence-electron chi connectivity index (χ3n) is 24.1. The zero-order valence-corrected chi connectivity index (χ0v) is 88.2. The molecule has 73 heteroatoms. The first-order valence-corrected chi connectivity index (χ1v) is 61.8. The quantitative estimate of drug-likeness (QED) is 0.0241. The van der Waals surface area contributed by atoms with E-state index in [2.05, 4.69) is 64.8 Å². The number of nitrogens with two attached hydrogens (primary N) is 4. The van der Waals surface area contributed by atoms with E-state index < -0.39 is 255 Å². The predicted octanol–water partition coefficient (Wildman–Crippen LogP) is 1.36. The standard InChI is InChI=1S/C72H95N24O35P7S7/c1-7-35-36(8-49(118-35)91-16-32(3)66(97)87-70(91)101)126-133(105,140)112-20-45-39(10-51(120-45)92-17-33(4)67(98)88-71(92)102)128-135(107,142)114-22-46-40(11-52(121-46)93-18-34(5)68(99)89-72(93)103)129-136(108,143)116-23-47-42(14-55(123-47)96-30-85-58-62(76)79-27-82-65(58)96)131-138(110,145)117-24-48-41(13-54(124-48)95-29-84-57-61(75)78-26-81-64(57)95)130-137(109,144)115-21-44-38(9-50(119-44)90-15-31(2)59(73)86-69(90)100)127-134(106,141)113-19-43-37(125-132(104,139)111-6)12-53(122-43)94-28-83-56-60(74)77-25-80-63(56)94/h15-18,25-30,35-55H,7-14,19-24H2,1-6H3,(H,104,139)(H,105,140)(H,106,141)(H,107,142)(H,108,143)(H,109,144)(H,110,145)(H2,73,86,100)(H2,74,77,80)(H2,75,78,81)(H2,76,79,82)(H,87,97,101)(H,88,98,102)(H,89,99,103)/t35-,36?,37?,38?,39?,40?,41?,42?,43-,44-,45-,46-,47-,48-,49-,50-,51-,52-,53-,54-,55-,132?,133?,134?,135?,136?,137?,138?/m1/s1. The van der Waals surface area contributed by atoms with Crippen LogP contribution >= 0.6 is 47.0 Å². The van der Waals surface area contributed by atoms with E-state index in [0.29, 0.717) is 12.0 Å². The lowest BCUT2D eigenvalue weighted by molar-refractivity contribution is -0.0571. The number of aromatic nitrogens is 20. The van der Waals surface area contributed by atoms with Crippen LogP contribution in [-0.2, 0) is 179 Å². The number of anilines is 4. The first-order valence-electron chi connectivity index (χ1n) is 43.6. The molecule has 18 N–H and O–H groups in total. The topological polar surface area (TPSA) is 770 Å². The van der Waals surface area contributed by atoms with Crippen molar-refractivity contribution in [3.63, 3.8) is 0 Å². The van der Waals surface area contributed by atoms with Crippen molar-refractivity contribution < 1.29 is 131 Å². The lowest BCUT2D eigenvalue weighted by atomic mass is 10.1. The molecule has 10 aromatic rings. The van der Waals surface area contributed by atoms with Crippen LogP contribution in [0.3, 0.4) is 0 Å². The van der Waals surface area contributed by atoms with Gasteiger partial charge < -0.3 is 154 Å². The molecule has 0 aromatic carbocycles. The molecule has 7 aliphatic heterocycles. The summed E-state index contributed by atoms with van der Waals surface area (Å²) in [6, 6.07) is 0. The van der Waals surface area contributed by atoms with Gasteiger partial charge in [0.05, 0.1) is 107 Å². The van der Waals surface area contributed by atoms with Gasteiger partial charge in [0, 0.05) is 99.1 Å². The number of nitrogens with one attached hydrogen (secondary N) is 3. The first-order chi connectivity index (χ1) is 68.4. The molecule has 0 radical (unpaired) electrons. The summed E-state index contributed by atoms with van der Waals surface area (Å²) in [5, 5.41) is 0. The zero-order valence-electron chi connectivity index (χ0n) is 76.3. The normalized spacial score (nSPS) is 29.6. The van der Waals surface area contributed by atoms with Crippen molar-refractivity contribution in [1.29, 1.82) is 0 Å². The molecule has 0 amide bonds. The molecule has 0 spiro atoms. The van der Waals surface area contributed by atoms with E-state index in [1.807, 2.05) is 0 Å². The van der Waals surface area contributed by atoms with Crippen LogP contribution in [0.1, 0.15) is 124 Å². The molecule has 145 heavy (non-hydrogen) atoms. The average Bonchev–Trinajstić information content (AvgIpc) is 1.63. The summed E-state index contributed by atoms with van der Waals surface area (Å²) < 4.78 is 138. The highest BCUT2D eigenvalue weighted by Crippen LogP contribution is 2.59. The number of hydrogen-bond acceptors (Lipinski definition) is 49. The van der Waals surface area contributed by atoms with Crippen LogP contribution in [0.15, 0.2) is 96.3 Å². The third kappa shape index (κ3) is 25.4. The van der Waals surface area contributed by atoms with E-state index in [0.717, 1.165) is 20.8 Å². The Bertz CT molecular complexity index is 7400. The predicted molar refractivity (Wildman–Crippen MR) is 527 cm³/mol. The highest BCUT2D eigenvalue weighted by atomic mass is 32.5. The highest BCUT2D eigenvalue weighted by Gasteiger charge is 2.52. The van der Waals surface area contributed by atoms with Crippen LogP contribution in [0.2, 0.25) is 0 Å². The van der Waals surface area contributed by atoms with Crippen molar-refractivity contribution in [2.45, 2.75) is 215 Å². The summed E-state index contributed by atoms with van der Waals surface area (Å²) in [5.74, 6) is -0.0120. The maximum Gasteiger partial charge on any atom is 0.351 e. The first kappa shape index (κ1) is 109. The minimum atomic E-state index is -4.73. The fourth-order valence-electron chi connectivity index (χ4n) is 17.0. The number of nitrogens with zero attached hydrogens (tertiary/aromatic N) is 17. The molecule has 17 heterocycles. The number of ether oxygens (including phenoxy) is 7. The Morgan fingerprint density at radius 1 is 0.331 bits per heavy atom. The second-order valence-electron chi connectivity index (χ2n) is 33.9. The Hall–Kier alpha value is -6.80. The lowest BCUT2D eigenvalue weighted by Gasteiger charge is -2.29. The van der Waals surface area contributed by atoms with E-state index >= 15 is 0 Å². The fraction of sp³-hybridized carbons (Fsp3) is 0.569. The summed E-state index contributed by atoms with van der Waals surface area (Å²) in [4.78, 5) is 223. The summed E-state index contributed by atoms with van der Waals surface area (Å²) in [5.41, 5.74) is 20.9. The van der Waals surface area contributed by atoms with Crippen molar-refractivity contribution in [3.05, 3.63) is 158 Å². The van der Waals surface area contributed by atoms with Crippen LogP contribution in [0.4, 0.5) is 23.3 Å². The summed E-state index contributed by atoms with van der Waals surface area (Å²) in [6.07, 6.45) is -14.6. The highest BCUT2D eigenvalue weighted by molar-refractivity contribution is 8.09. The van der Waals surface area contributed by atoms with E-state index in [9.17, 15) is 67.8 Å². The molecule has 7 aliphatic rings. The summed E-state index contributed by atoms with van der Waals surface area (Å²) in [6.45, 7) is -28.1. The van der Waals surface area contributed by atoms with Gasteiger partial charge in [0.25, 0.3) is 16.7 Å². The molecular formula is C72H95N24O35P7S7. The molecule has 0 aliphatic carbocycles. The number of hydrogen-bond donors (Lipinski definition) is 14. The Labute approximate surface area is 851 Å². The van der Waals surface area contributed by atoms with Crippen LogP contribution in [0, 0.1) is 27.7 Å². The van der Waals surface area contributed by atoms with Crippen molar-refractivity contribution in [2.75, 3.05) is 69.7 Å². The van der Waals surface area contributed by atoms with Crippen LogP contribution < -0.4 is 62.4 Å². The van der Waals surface area contributed by atoms with E-state index in [-0.39, 0.29) is 118 Å². The van der Waals surface area contributed by atoms with Gasteiger partial charge in [-0.2, -0.15) is 4.98 Å². The van der Waals surface area contributed by atoms with E-state index in [1.165, 1.54) is 102 Å². The van der Waals surface area contributed by atoms with Gasteiger partial charge in [-0.15, -0.1) is 0 Å². The second-order valence-corrected chi connectivity index (χ2v) is 53.5. The van der Waals surface area contributed by atoms with Crippen molar-refractivity contribution in [2.24, 2.45) is 0 Å². The molecule has 7 fully saturated rings. The van der Waals surface area contributed by atoms with E-state index in [1.54, 1.807) is 13.8 Å². The zero-order chi connectivity index (χ0) is 104. The molecule has 59 nitrogen and oxygen atoms in total. The van der Waals surface area contributed by atoms with Crippen LogP contribution in [0.5, 0.6) is 0 Å². The number of fused-ring (bicyclic) bond motifs is 3. The molecule has 0 saturated carbocycles. The van der Waals surface area contributed by atoms with Gasteiger partial charge >= 0.3 is 69.8 Å². The molecule has 0 bridgehead atoms. The minimum Gasteiger partial charge on any atom is -0.383 e. The van der Waals surface area contributed by atoms with Crippen LogP contribution in [-0.4, -0.2) is 263 Å². The SMILES string of the molecule is CC[C@H]1O[C@@H](n2cc(C)c(=O)[nH]c2=O)CC1OP(O)(=S)OC[C@H]1O[C@@H](n2cc(C)c(=O)[nH]c2=O)CC1OP(O)(=S)OC[C@H]1O[C@@H](n2cc(C)c(=O)[nH]c2=O)CC1OP(O)(=S)OC[C@H]1O[C@@H](n2cnc3c(N)ncnc32)CC1OP(O)(=S)OC[C@H]1O[C@@H](n2cnc3c(N)ncnc32)CC1OP(O)(=S)OC[C@H]1O[C@@H](n2cc(C)c(N)nc2=O)CC1OP(O)(=S)OC[C@H]1O[C@@H](n2cnc3c(N)ncnc32)CC1OP(O)(=S)OC. The number of aryl methyl sites for hydroxylation is 4. The third-order valence-corrected chi connectivity index (χ3v) is 35.4. The number of imidazole rings is 3. The van der Waals surface area contributed by atoms with Gasteiger partial charge in [-0.05, 0) is 117 Å². The van der Waals surface area contributed by atoms with Crippen molar-refractivity contribution >= 4 is 186 Å². The molecule has 28 atom stereocenters. The number of nitrogen functional groups attached to an aromatic ring is 4. The Balaban J connectivity index is 0.582. The summed E-state index contributed by atoms with van der Waals surface area (Å²) in [7, 11) is 1.15. The Morgan fingerprint density at radius 3 is 0.814 bits per heavy atom. The van der Waals surface area contributed by atoms with Crippen molar-refractivity contribution in [3.8, 4) is 0 Å². The van der Waals surface area contributed by atoms with Gasteiger partial charge in [-0.1, -0.05) is 6.92 Å². The van der Waals surface area contributed by atoms with Gasteiger partial charge in [-0.25, -0.2) is 64.0 Å². The Morgan fingerprint density at radius 2 is 0.559 bits per heavy atom. The molecule has 7 saturated heterocycles. The molecule has 17 rings (SSSR count). The van der Waals surface area contributed by atoms with Crippen molar-refractivity contribution in [1.82, 2.24) is 96.8 Å². The number of aromatic amines is 3. The maximum absolute atomic E-state index is 13.6. The second kappa shape index (κ2) is 44.1. The van der Waals surface area contributed by atoms with Gasteiger partial charge in [0.15, 0.2) is 34.4 Å². The molecule has 10 aromatic heterocycles. The lowest BCUT2D eigenvalue weighted by Crippen LogP contribution is -2.33. The van der Waals surface area contributed by atoms with Gasteiger partial charge in [0.2, 0.25) is 0 Å². The maximum atomic E-state index is 13.6. The Kier molecular flexibility index (Phi) is 33.3. The van der Waals surface area contributed by atoms with Crippen LogP contribution in [0.25, 0.3) is 33.5 Å². The largest absolute Gasteiger partial charge is 0.383 e. The number of H-pyrrole nitrogens is 3.